The molecule has 0 aromatic heterocycles. The van der Waals surface area contributed by atoms with Gasteiger partial charge in [0, 0.05) is 30.0 Å². The first-order valence-corrected chi connectivity index (χ1v) is 10.7. The third kappa shape index (κ3) is 2.48. The molecule has 2 saturated heterocycles. The molecule has 7 atom stereocenters. The number of para-hydroxylation sites is 1. The van der Waals surface area contributed by atoms with Crippen LogP contribution in [0.1, 0.15) is 45.1 Å². The van der Waals surface area contributed by atoms with E-state index in [4.69, 9.17) is 14.2 Å². The maximum absolute atomic E-state index is 12.7. The number of carbonyl (C=O) groups is 1. The largest absolute Gasteiger partial charge is 0.496 e. The SMILES string of the molecule is COc1ccccc1CNC[C@H]1C(=O)O[C@@H]2C[C@]3(C)CCC[C@@H](C)[C@]34O[C@H]4[C@H]21. The first-order valence-electron chi connectivity index (χ1n) is 10.7. The van der Waals surface area contributed by atoms with Crippen molar-refractivity contribution >= 4 is 5.97 Å². The summed E-state index contributed by atoms with van der Waals surface area (Å²) in [6.45, 7) is 6.00. The molecular weight excluding hydrogens is 354 g/mol. The highest BCUT2D eigenvalue weighted by Crippen LogP contribution is 2.70. The molecule has 28 heavy (non-hydrogen) atoms. The van der Waals surface area contributed by atoms with Crippen LogP contribution in [-0.2, 0) is 20.8 Å². The van der Waals surface area contributed by atoms with Gasteiger partial charge >= 0.3 is 5.97 Å². The topological polar surface area (TPSA) is 60.1 Å². The van der Waals surface area contributed by atoms with Crippen LogP contribution in [0, 0.1) is 23.2 Å². The van der Waals surface area contributed by atoms with E-state index in [0.717, 1.165) is 17.7 Å². The predicted molar refractivity (Wildman–Crippen MR) is 105 cm³/mol. The highest BCUT2D eigenvalue weighted by molar-refractivity contribution is 5.76. The molecule has 1 N–H and O–H groups in total. The number of benzene rings is 1. The quantitative estimate of drug-likeness (QED) is 0.622. The van der Waals surface area contributed by atoms with Gasteiger partial charge in [0.25, 0.3) is 0 Å². The number of esters is 1. The Morgan fingerprint density at radius 3 is 2.96 bits per heavy atom. The highest BCUT2D eigenvalue weighted by Gasteiger charge is 2.78. The maximum Gasteiger partial charge on any atom is 0.311 e. The molecule has 2 aliphatic carbocycles. The molecule has 0 bridgehead atoms. The van der Waals surface area contributed by atoms with Crippen LogP contribution in [0.4, 0.5) is 0 Å². The number of hydrogen-bond donors (Lipinski definition) is 1. The molecule has 0 unspecified atom stereocenters. The van der Waals surface area contributed by atoms with Gasteiger partial charge in [0.1, 0.15) is 17.5 Å². The van der Waals surface area contributed by atoms with Crippen molar-refractivity contribution in [3.05, 3.63) is 29.8 Å². The van der Waals surface area contributed by atoms with Crippen molar-refractivity contribution in [1.82, 2.24) is 5.32 Å². The number of ether oxygens (including phenoxy) is 3. The second-order valence-electron chi connectivity index (χ2n) is 9.49. The van der Waals surface area contributed by atoms with E-state index in [1.165, 1.54) is 19.3 Å². The molecule has 0 radical (unpaired) electrons. The van der Waals surface area contributed by atoms with Gasteiger partial charge in [0.05, 0.1) is 19.1 Å². The minimum Gasteiger partial charge on any atom is -0.496 e. The lowest BCUT2D eigenvalue weighted by Gasteiger charge is -2.48. The Bertz CT molecular complexity index is 782. The van der Waals surface area contributed by atoms with E-state index in [-0.39, 0.29) is 41.0 Å². The number of fused-ring (bicyclic) bond motifs is 2. The Kier molecular flexibility index (Phi) is 4.25. The van der Waals surface area contributed by atoms with Crippen LogP contribution < -0.4 is 10.1 Å². The molecule has 2 saturated carbocycles. The lowest BCUT2D eigenvalue weighted by atomic mass is 9.53. The van der Waals surface area contributed by atoms with Gasteiger partial charge < -0.3 is 19.5 Å². The van der Waals surface area contributed by atoms with E-state index in [9.17, 15) is 4.79 Å². The van der Waals surface area contributed by atoms with Gasteiger partial charge in [-0.15, -0.1) is 0 Å². The van der Waals surface area contributed by atoms with E-state index in [1.54, 1.807) is 7.11 Å². The van der Waals surface area contributed by atoms with E-state index in [1.807, 2.05) is 18.2 Å². The van der Waals surface area contributed by atoms with Gasteiger partial charge in [0.2, 0.25) is 0 Å². The van der Waals surface area contributed by atoms with Crippen molar-refractivity contribution in [2.24, 2.45) is 23.2 Å². The molecular formula is C23H31NO4. The van der Waals surface area contributed by atoms with Crippen LogP contribution in [-0.4, -0.2) is 37.4 Å². The lowest BCUT2D eigenvalue weighted by Crippen LogP contribution is -2.54. The Labute approximate surface area is 167 Å². The number of hydrogen-bond acceptors (Lipinski definition) is 5. The van der Waals surface area contributed by atoms with Crippen LogP contribution in [0.3, 0.4) is 0 Å². The van der Waals surface area contributed by atoms with Crippen molar-refractivity contribution < 1.29 is 19.0 Å². The molecule has 1 aromatic carbocycles. The summed E-state index contributed by atoms with van der Waals surface area (Å²) in [4.78, 5) is 12.7. The molecule has 5 heteroatoms. The summed E-state index contributed by atoms with van der Waals surface area (Å²) in [5, 5.41) is 3.47. The zero-order chi connectivity index (χ0) is 19.5. The Balaban J connectivity index is 1.30. The van der Waals surface area contributed by atoms with Crippen LogP contribution in [0.15, 0.2) is 24.3 Å². The van der Waals surface area contributed by atoms with E-state index in [2.05, 4.69) is 25.2 Å². The summed E-state index contributed by atoms with van der Waals surface area (Å²) >= 11 is 0. The standard InChI is InChI=1S/C23H31NO4/c1-14-7-6-10-22(2)11-18-19(20-23(14,22)28-20)16(21(25)27-18)13-24-12-15-8-4-5-9-17(15)26-3/h4-5,8-9,14,16,18-20,24H,6-7,10-13H2,1-3H3/t14-,16-,18-,19+,20+,22+,23-/m1/s1. The Morgan fingerprint density at radius 2 is 2.14 bits per heavy atom. The molecule has 5 nitrogen and oxygen atoms in total. The van der Waals surface area contributed by atoms with Crippen molar-refractivity contribution in [1.29, 1.82) is 0 Å². The van der Waals surface area contributed by atoms with Crippen LogP contribution in [0.2, 0.25) is 0 Å². The number of nitrogens with one attached hydrogen (secondary N) is 1. The van der Waals surface area contributed by atoms with Gasteiger partial charge in [-0.05, 0) is 31.2 Å². The molecule has 2 aliphatic heterocycles. The van der Waals surface area contributed by atoms with Crippen molar-refractivity contribution in [2.45, 2.75) is 63.9 Å². The average Bonchev–Trinajstić information content (AvgIpc) is 3.36. The summed E-state index contributed by atoms with van der Waals surface area (Å²) in [7, 11) is 1.69. The molecule has 1 spiro atoms. The predicted octanol–water partition coefficient (Wildman–Crippen LogP) is 3.31. The molecule has 1 aromatic rings. The van der Waals surface area contributed by atoms with Gasteiger partial charge in [-0.2, -0.15) is 0 Å². The number of rotatable bonds is 5. The van der Waals surface area contributed by atoms with Crippen molar-refractivity contribution in [3.8, 4) is 5.75 Å². The molecule has 4 aliphatic rings. The van der Waals surface area contributed by atoms with Crippen LogP contribution in [0.5, 0.6) is 5.75 Å². The van der Waals surface area contributed by atoms with E-state index >= 15 is 0 Å². The first-order chi connectivity index (χ1) is 13.5. The zero-order valence-electron chi connectivity index (χ0n) is 17.1. The van der Waals surface area contributed by atoms with E-state index in [0.29, 0.717) is 19.0 Å². The van der Waals surface area contributed by atoms with E-state index < -0.39 is 0 Å². The summed E-state index contributed by atoms with van der Waals surface area (Å²) < 4.78 is 17.8. The van der Waals surface area contributed by atoms with Crippen LogP contribution >= 0.6 is 0 Å². The third-order valence-electron chi connectivity index (χ3n) is 8.07. The molecule has 152 valence electrons. The summed E-state index contributed by atoms with van der Waals surface area (Å²) in [5.41, 5.74) is 1.22. The monoisotopic (exact) mass is 385 g/mol. The number of methoxy groups -OCH3 is 1. The minimum absolute atomic E-state index is 0.0153. The zero-order valence-corrected chi connectivity index (χ0v) is 17.1. The second kappa shape index (κ2) is 6.46. The Morgan fingerprint density at radius 1 is 1.32 bits per heavy atom. The van der Waals surface area contributed by atoms with Gasteiger partial charge in [0.15, 0.2) is 0 Å². The lowest BCUT2D eigenvalue weighted by molar-refractivity contribution is -0.146. The molecule has 2 heterocycles. The normalized spacial score (nSPS) is 43.5. The fourth-order valence-corrected chi connectivity index (χ4v) is 6.68. The van der Waals surface area contributed by atoms with Crippen LogP contribution in [0.25, 0.3) is 0 Å². The third-order valence-corrected chi connectivity index (χ3v) is 8.07. The maximum atomic E-state index is 12.7. The van der Waals surface area contributed by atoms with Crippen molar-refractivity contribution in [3.63, 3.8) is 0 Å². The fourth-order valence-electron chi connectivity index (χ4n) is 6.68. The average molecular weight is 386 g/mol. The fraction of sp³-hybridized carbons (Fsp3) is 0.696. The minimum atomic E-state index is -0.122. The molecule has 4 fully saturated rings. The Hall–Kier alpha value is -1.59. The first kappa shape index (κ1) is 18.4. The molecule has 5 rings (SSSR count). The van der Waals surface area contributed by atoms with Gasteiger partial charge in [-0.1, -0.05) is 38.5 Å². The number of carbonyl (C=O) groups excluding carboxylic acids is 1. The number of epoxide rings is 1. The van der Waals surface area contributed by atoms with Gasteiger partial charge in [-0.25, -0.2) is 0 Å². The summed E-state index contributed by atoms with van der Waals surface area (Å²) in [6, 6.07) is 7.99. The van der Waals surface area contributed by atoms with Crippen molar-refractivity contribution in [2.75, 3.05) is 13.7 Å². The highest BCUT2D eigenvalue weighted by atomic mass is 16.6. The van der Waals surface area contributed by atoms with Gasteiger partial charge in [-0.3, -0.25) is 4.79 Å². The second-order valence-corrected chi connectivity index (χ2v) is 9.49. The summed E-state index contributed by atoms with van der Waals surface area (Å²) in [6.07, 6.45) is 4.82. The smallest absolute Gasteiger partial charge is 0.311 e. The summed E-state index contributed by atoms with van der Waals surface area (Å²) in [5.74, 6) is 1.45. The molecule has 0 amide bonds.